The molecule has 1 saturated heterocycles. The topological polar surface area (TPSA) is 45.4 Å². The van der Waals surface area contributed by atoms with Crippen LogP contribution in [0.15, 0.2) is 28.7 Å². The van der Waals surface area contributed by atoms with Gasteiger partial charge in [-0.1, -0.05) is 0 Å². The number of benzene rings is 1. The summed E-state index contributed by atoms with van der Waals surface area (Å²) in [4.78, 5) is 0. The Morgan fingerprint density at radius 3 is 2.90 bits per heavy atom. The molecule has 0 bridgehead atoms. The minimum atomic E-state index is -0.594. The molecule has 20 heavy (non-hydrogen) atoms. The minimum Gasteiger partial charge on any atom is -0.460 e. The normalized spacial score (nSPS) is 18.5. The van der Waals surface area contributed by atoms with Crippen LogP contribution in [0.3, 0.4) is 0 Å². The first-order valence-corrected chi connectivity index (χ1v) is 7.99. The zero-order valence-corrected chi connectivity index (χ0v) is 12.0. The molecule has 1 fully saturated rings. The van der Waals surface area contributed by atoms with Crippen molar-refractivity contribution < 1.29 is 13.9 Å². The number of furan rings is 1. The van der Waals surface area contributed by atoms with Gasteiger partial charge in [-0.15, -0.1) is 0 Å². The quantitative estimate of drug-likeness (QED) is 0.910. The molecule has 1 aliphatic rings. The number of nitrogens with one attached hydrogen (secondary N) is 1. The fourth-order valence-electron chi connectivity index (χ4n) is 2.50. The Labute approximate surface area is 121 Å². The molecule has 0 saturated carbocycles. The summed E-state index contributed by atoms with van der Waals surface area (Å²) in [6.45, 7) is 1.12. The first-order chi connectivity index (χ1) is 9.65. The Morgan fingerprint density at radius 2 is 2.10 bits per heavy atom. The minimum absolute atomic E-state index is 0.258. The molecule has 0 unspecified atom stereocenters. The fourth-order valence-corrected chi connectivity index (χ4v) is 3.76. The van der Waals surface area contributed by atoms with Gasteiger partial charge in [0.25, 0.3) is 0 Å². The average molecular weight is 295 g/mol. The Balaban J connectivity index is 1.59. The van der Waals surface area contributed by atoms with Crippen molar-refractivity contribution in [2.45, 2.75) is 25.0 Å². The van der Waals surface area contributed by atoms with Crippen molar-refractivity contribution in [2.75, 3.05) is 18.1 Å². The van der Waals surface area contributed by atoms with Gasteiger partial charge in [0, 0.05) is 11.9 Å². The van der Waals surface area contributed by atoms with Crippen molar-refractivity contribution in [1.82, 2.24) is 5.32 Å². The van der Waals surface area contributed by atoms with Crippen molar-refractivity contribution >= 4 is 22.7 Å². The summed E-state index contributed by atoms with van der Waals surface area (Å²) < 4.78 is 18.7. The number of fused-ring (bicyclic) bond motifs is 1. The third-order valence-electron chi connectivity index (χ3n) is 3.71. The van der Waals surface area contributed by atoms with Crippen LogP contribution in [-0.2, 0) is 6.54 Å². The van der Waals surface area contributed by atoms with E-state index in [1.165, 1.54) is 12.1 Å². The van der Waals surface area contributed by atoms with Crippen molar-refractivity contribution in [3.8, 4) is 0 Å². The summed E-state index contributed by atoms with van der Waals surface area (Å²) in [6.07, 6.45) is 1.66. The van der Waals surface area contributed by atoms with Crippen molar-refractivity contribution in [2.24, 2.45) is 0 Å². The molecule has 0 atom stereocenters. The van der Waals surface area contributed by atoms with Crippen LogP contribution >= 0.6 is 11.8 Å². The Hall–Kier alpha value is -1.04. The SMILES string of the molecule is OC1(CNCc2cc3cc(F)ccc3o2)CCSCC1. The summed E-state index contributed by atoms with van der Waals surface area (Å²) in [5.41, 5.74) is 0.0968. The van der Waals surface area contributed by atoms with E-state index >= 15 is 0 Å². The number of hydrogen-bond acceptors (Lipinski definition) is 4. The van der Waals surface area contributed by atoms with Crippen molar-refractivity contribution in [3.05, 3.63) is 35.8 Å². The zero-order chi connectivity index (χ0) is 14.0. The second-order valence-corrected chi connectivity index (χ2v) is 6.56. The van der Waals surface area contributed by atoms with Crippen LogP contribution in [0.2, 0.25) is 0 Å². The van der Waals surface area contributed by atoms with E-state index in [0.29, 0.717) is 18.7 Å². The highest BCUT2D eigenvalue weighted by molar-refractivity contribution is 7.99. The summed E-state index contributed by atoms with van der Waals surface area (Å²) in [6, 6.07) is 6.34. The number of thioether (sulfide) groups is 1. The molecular weight excluding hydrogens is 277 g/mol. The van der Waals surface area contributed by atoms with Crippen LogP contribution < -0.4 is 5.32 Å². The summed E-state index contributed by atoms with van der Waals surface area (Å²) in [5.74, 6) is 2.54. The Bertz CT molecular complexity index is 593. The highest BCUT2D eigenvalue weighted by Gasteiger charge is 2.28. The molecular formula is C15H18FNO2S. The average Bonchev–Trinajstić information content (AvgIpc) is 2.81. The van der Waals surface area contributed by atoms with E-state index in [4.69, 9.17) is 4.42 Å². The van der Waals surface area contributed by atoms with Crippen molar-refractivity contribution in [1.29, 1.82) is 0 Å². The van der Waals surface area contributed by atoms with E-state index in [0.717, 1.165) is 35.5 Å². The smallest absolute Gasteiger partial charge is 0.134 e. The van der Waals surface area contributed by atoms with Crippen LogP contribution in [0.4, 0.5) is 4.39 Å². The van der Waals surface area contributed by atoms with Gasteiger partial charge in [-0.2, -0.15) is 11.8 Å². The first kappa shape index (κ1) is 13.9. The second kappa shape index (κ2) is 5.76. The maximum atomic E-state index is 13.1. The van der Waals surface area contributed by atoms with E-state index in [1.807, 2.05) is 17.8 Å². The van der Waals surface area contributed by atoms with E-state index < -0.39 is 5.60 Å². The van der Waals surface area contributed by atoms with Gasteiger partial charge in [0.05, 0.1) is 12.1 Å². The molecule has 2 aromatic rings. The van der Waals surface area contributed by atoms with Crippen LogP contribution in [0.1, 0.15) is 18.6 Å². The van der Waals surface area contributed by atoms with E-state index in [2.05, 4.69) is 5.32 Å². The molecule has 108 valence electrons. The summed E-state index contributed by atoms with van der Waals surface area (Å²) >= 11 is 1.89. The molecule has 0 spiro atoms. The zero-order valence-electron chi connectivity index (χ0n) is 11.2. The molecule has 0 aliphatic carbocycles. The van der Waals surface area contributed by atoms with Gasteiger partial charge in [0.2, 0.25) is 0 Å². The van der Waals surface area contributed by atoms with Gasteiger partial charge in [0.1, 0.15) is 17.2 Å². The molecule has 3 nitrogen and oxygen atoms in total. The maximum absolute atomic E-state index is 13.1. The standard InChI is InChI=1S/C15H18FNO2S/c16-12-1-2-14-11(7-12)8-13(19-14)9-17-10-15(18)3-5-20-6-4-15/h1-2,7-8,17-18H,3-6,9-10H2. The third-order valence-corrected chi connectivity index (χ3v) is 4.69. The molecule has 2 heterocycles. The van der Waals surface area contributed by atoms with Gasteiger partial charge in [-0.05, 0) is 48.6 Å². The monoisotopic (exact) mass is 295 g/mol. The van der Waals surface area contributed by atoms with Gasteiger partial charge >= 0.3 is 0 Å². The molecule has 0 radical (unpaired) electrons. The lowest BCUT2D eigenvalue weighted by atomic mass is 9.97. The predicted octanol–water partition coefficient (Wildman–Crippen LogP) is 2.92. The van der Waals surface area contributed by atoms with Gasteiger partial charge in [-0.25, -0.2) is 4.39 Å². The fraction of sp³-hybridized carbons (Fsp3) is 0.467. The summed E-state index contributed by atoms with van der Waals surface area (Å²) in [7, 11) is 0. The molecule has 1 aromatic carbocycles. The van der Waals surface area contributed by atoms with Crippen LogP contribution in [0.5, 0.6) is 0 Å². The lowest BCUT2D eigenvalue weighted by Gasteiger charge is -2.31. The maximum Gasteiger partial charge on any atom is 0.134 e. The highest BCUT2D eigenvalue weighted by Crippen LogP contribution is 2.26. The lowest BCUT2D eigenvalue weighted by molar-refractivity contribution is 0.0317. The first-order valence-electron chi connectivity index (χ1n) is 6.83. The molecule has 2 N–H and O–H groups in total. The number of hydrogen-bond donors (Lipinski definition) is 2. The van der Waals surface area contributed by atoms with Crippen LogP contribution in [-0.4, -0.2) is 28.8 Å². The van der Waals surface area contributed by atoms with Crippen molar-refractivity contribution in [3.63, 3.8) is 0 Å². The summed E-state index contributed by atoms with van der Waals surface area (Å²) in [5, 5.41) is 14.4. The Kier molecular flexibility index (Phi) is 4.01. The van der Waals surface area contributed by atoms with E-state index in [9.17, 15) is 9.50 Å². The van der Waals surface area contributed by atoms with E-state index in [1.54, 1.807) is 6.07 Å². The Morgan fingerprint density at radius 1 is 1.30 bits per heavy atom. The molecule has 5 heteroatoms. The lowest BCUT2D eigenvalue weighted by Crippen LogP contribution is -2.43. The predicted molar refractivity (Wildman–Crippen MR) is 79.4 cm³/mol. The van der Waals surface area contributed by atoms with Gasteiger partial charge in [-0.3, -0.25) is 0 Å². The molecule has 1 aromatic heterocycles. The third kappa shape index (κ3) is 3.16. The number of rotatable bonds is 4. The van der Waals surface area contributed by atoms with E-state index in [-0.39, 0.29) is 5.82 Å². The van der Waals surface area contributed by atoms with Crippen LogP contribution in [0.25, 0.3) is 11.0 Å². The number of halogens is 1. The van der Waals surface area contributed by atoms with Gasteiger partial charge in [0.15, 0.2) is 0 Å². The largest absolute Gasteiger partial charge is 0.460 e. The molecule has 1 aliphatic heterocycles. The molecule has 3 rings (SSSR count). The van der Waals surface area contributed by atoms with Crippen LogP contribution in [0, 0.1) is 5.82 Å². The van der Waals surface area contributed by atoms with Gasteiger partial charge < -0.3 is 14.8 Å². The molecule has 0 amide bonds. The highest BCUT2D eigenvalue weighted by atomic mass is 32.2. The second-order valence-electron chi connectivity index (χ2n) is 5.34. The number of aliphatic hydroxyl groups is 1.